The number of rotatable bonds is 3. The molecule has 2 atom stereocenters. The van der Waals surface area contributed by atoms with E-state index >= 15 is 0 Å². The molecule has 0 bridgehead atoms. The Morgan fingerprint density at radius 2 is 1.76 bits per heavy atom. The molecule has 2 aromatic heterocycles. The lowest BCUT2D eigenvalue weighted by Crippen LogP contribution is -2.43. The van der Waals surface area contributed by atoms with Crippen LogP contribution in [0.4, 0.5) is 0 Å². The van der Waals surface area contributed by atoms with Crippen molar-refractivity contribution in [3.8, 4) is 11.3 Å². The number of imidazole rings is 1. The lowest BCUT2D eigenvalue weighted by Gasteiger charge is -2.35. The van der Waals surface area contributed by atoms with E-state index in [1.807, 2.05) is 6.20 Å². The van der Waals surface area contributed by atoms with Crippen molar-refractivity contribution in [3.05, 3.63) is 58.9 Å². The van der Waals surface area contributed by atoms with Gasteiger partial charge in [0.05, 0.1) is 17.8 Å². The highest BCUT2D eigenvalue weighted by Gasteiger charge is 2.27. The first-order valence-corrected chi connectivity index (χ1v) is 10.6. The summed E-state index contributed by atoms with van der Waals surface area (Å²) in [5.41, 5.74) is 7.57. The minimum Gasteiger partial charge on any atom is -0.342 e. The molecule has 1 aromatic carbocycles. The van der Waals surface area contributed by atoms with Gasteiger partial charge in [0, 0.05) is 24.8 Å². The van der Waals surface area contributed by atoms with Crippen LogP contribution in [0.3, 0.4) is 0 Å². The molecule has 3 heterocycles. The molecule has 1 amide bonds. The topological polar surface area (TPSA) is 37.6 Å². The molecule has 1 aliphatic rings. The number of hydrogen-bond acceptors (Lipinski definition) is 2. The van der Waals surface area contributed by atoms with Crippen molar-refractivity contribution < 1.29 is 4.79 Å². The number of likely N-dealkylation sites (tertiary alicyclic amines) is 1. The first kappa shape index (κ1) is 19.7. The smallest absolute Gasteiger partial charge is 0.228 e. The molecular formula is C25H31N3O. The van der Waals surface area contributed by atoms with E-state index in [4.69, 9.17) is 4.98 Å². The summed E-state index contributed by atoms with van der Waals surface area (Å²) in [6.07, 6.45) is 3.63. The molecule has 1 fully saturated rings. The second-order valence-corrected chi connectivity index (χ2v) is 9.06. The molecular weight excluding hydrogens is 358 g/mol. The minimum atomic E-state index is 0.204. The van der Waals surface area contributed by atoms with Crippen LogP contribution in [0, 0.1) is 32.6 Å². The van der Waals surface area contributed by atoms with E-state index < -0.39 is 0 Å². The Labute approximate surface area is 173 Å². The molecule has 4 heteroatoms. The van der Waals surface area contributed by atoms with Crippen LogP contribution in [-0.2, 0) is 11.2 Å². The van der Waals surface area contributed by atoms with E-state index in [0.717, 1.165) is 35.7 Å². The Morgan fingerprint density at radius 1 is 1.03 bits per heavy atom. The third-order valence-electron chi connectivity index (χ3n) is 6.20. The van der Waals surface area contributed by atoms with E-state index in [0.29, 0.717) is 18.3 Å². The minimum absolute atomic E-state index is 0.204. The van der Waals surface area contributed by atoms with Crippen LogP contribution in [0.5, 0.6) is 0 Å². The molecule has 0 radical (unpaired) electrons. The number of aromatic nitrogens is 2. The van der Waals surface area contributed by atoms with Crippen molar-refractivity contribution in [2.75, 3.05) is 13.1 Å². The molecule has 0 aliphatic carbocycles. The summed E-state index contributed by atoms with van der Waals surface area (Å²) in [5, 5.41) is 0. The average Bonchev–Trinajstić information content (AvgIpc) is 3.00. The number of nitrogens with zero attached hydrogens (tertiary/aromatic N) is 3. The van der Waals surface area contributed by atoms with Gasteiger partial charge in [-0.2, -0.15) is 0 Å². The standard InChI is InChI=1S/C25H31N3O/c1-16-8-9-28-22(13-24(29)27-14-17(2)10-18(3)15-27)25(26-23(28)11-16)21-7-6-19(4)20(5)12-21/h6-9,11-12,17-18H,10,13-15H2,1-5H3. The number of fused-ring (bicyclic) bond motifs is 1. The quantitative estimate of drug-likeness (QED) is 0.634. The van der Waals surface area contributed by atoms with Crippen molar-refractivity contribution in [1.82, 2.24) is 14.3 Å². The Balaban J connectivity index is 1.75. The van der Waals surface area contributed by atoms with Crippen molar-refractivity contribution in [2.24, 2.45) is 11.8 Å². The third kappa shape index (κ3) is 3.93. The van der Waals surface area contributed by atoms with Crippen molar-refractivity contribution in [3.63, 3.8) is 0 Å². The predicted molar refractivity (Wildman–Crippen MR) is 118 cm³/mol. The maximum Gasteiger partial charge on any atom is 0.228 e. The predicted octanol–water partition coefficient (Wildman–Crippen LogP) is 4.97. The SMILES string of the molecule is Cc1ccn2c(CC(=O)N3CC(C)CC(C)C3)c(-c3ccc(C)c(C)c3)nc2c1. The number of amides is 1. The first-order valence-electron chi connectivity index (χ1n) is 10.6. The van der Waals surface area contributed by atoms with Gasteiger partial charge in [-0.1, -0.05) is 26.0 Å². The van der Waals surface area contributed by atoms with Gasteiger partial charge in [0.25, 0.3) is 0 Å². The number of carbonyl (C=O) groups is 1. The van der Waals surface area contributed by atoms with Crippen LogP contribution in [0.25, 0.3) is 16.9 Å². The maximum absolute atomic E-state index is 13.3. The number of piperidine rings is 1. The van der Waals surface area contributed by atoms with Gasteiger partial charge in [-0.15, -0.1) is 0 Å². The number of carbonyl (C=O) groups excluding carboxylic acids is 1. The fraction of sp³-hybridized carbons (Fsp3) is 0.440. The summed E-state index contributed by atoms with van der Waals surface area (Å²) in [5.74, 6) is 1.33. The highest BCUT2D eigenvalue weighted by Crippen LogP contribution is 2.28. The Kier molecular flexibility index (Phi) is 5.20. The first-order chi connectivity index (χ1) is 13.8. The lowest BCUT2D eigenvalue weighted by molar-refractivity contribution is -0.133. The summed E-state index contributed by atoms with van der Waals surface area (Å²) < 4.78 is 2.09. The number of aryl methyl sites for hydroxylation is 3. The van der Waals surface area contributed by atoms with Gasteiger partial charge in [0.1, 0.15) is 5.65 Å². The molecule has 29 heavy (non-hydrogen) atoms. The molecule has 1 aliphatic heterocycles. The lowest BCUT2D eigenvalue weighted by atomic mass is 9.91. The number of pyridine rings is 1. The molecule has 0 N–H and O–H groups in total. The molecule has 152 valence electrons. The maximum atomic E-state index is 13.3. The fourth-order valence-corrected chi connectivity index (χ4v) is 4.61. The van der Waals surface area contributed by atoms with E-state index in [2.05, 4.69) is 74.3 Å². The summed E-state index contributed by atoms with van der Waals surface area (Å²) in [4.78, 5) is 20.2. The summed E-state index contributed by atoms with van der Waals surface area (Å²) in [6, 6.07) is 10.6. The van der Waals surface area contributed by atoms with Crippen LogP contribution >= 0.6 is 0 Å². The molecule has 2 unspecified atom stereocenters. The molecule has 3 aromatic rings. The van der Waals surface area contributed by atoms with Gasteiger partial charge in [-0.3, -0.25) is 4.79 Å². The third-order valence-corrected chi connectivity index (χ3v) is 6.20. The molecule has 0 saturated carbocycles. The van der Waals surface area contributed by atoms with Gasteiger partial charge in [0.15, 0.2) is 0 Å². The van der Waals surface area contributed by atoms with Crippen LogP contribution in [0.1, 0.15) is 42.7 Å². The number of hydrogen-bond donors (Lipinski definition) is 0. The van der Waals surface area contributed by atoms with Crippen molar-refractivity contribution >= 4 is 11.6 Å². The monoisotopic (exact) mass is 389 g/mol. The Hall–Kier alpha value is -2.62. The Morgan fingerprint density at radius 3 is 2.45 bits per heavy atom. The van der Waals surface area contributed by atoms with Crippen LogP contribution in [0.15, 0.2) is 36.5 Å². The van der Waals surface area contributed by atoms with E-state index in [9.17, 15) is 4.79 Å². The highest BCUT2D eigenvalue weighted by atomic mass is 16.2. The summed E-state index contributed by atoms with van der Waals surface area (Å²) in [7, 11) is 0. The molecule has 0 spiro atoms. The largest absolute Gasteiger partial charge is 0.342 e. The molecule has 1 saturated heterocycles. The zero-order valence-corrected chi connectivity index (χ0v) is 18.2. The Bertz CT molecular complexity index is 1060. The zero-order chi connectivity index (χ0) is 20.7. The fourth-order valence-electron chi connectivity index (χ4n) is 4.61. The van der Waals surface area contributed by atoms with Gasteiger partial charge in [-0.05, 0) is 73.9 Å². The van der Waals surface area contributed by atoms with Crippen LogP contribution in [0.2, 0.25) is 0 Å². The highest BCUT2D eigenvalue weighted by molar-refractivity contribution is 5.82. The average molecular weight is 390 g/mol. The van der Waals surface area contributed by atoms with E-state index in [-0.39, 0.29) is 5.91 Å². The van der Waals surface area contributed by atoms with Gasteiger partial charge >= 0.3 is 0 Å². The zero-order valence-electron chi connectivity index (χ0n) is 18.2. The van der Waals surface area contributed by atoms with Gasteiger partial charge in [-0.25, -0.2) is 4.98 Å². The number of benzene rings is 1. The molecule has 4 nitrogen and oxygen atoms in total. The van der Waals surface area contributed by atoms with Gasteiger partial charge in [0.2, 0.25) is 5.91 Å². The van der Waals surface area contributed by atoms with Crippen LogP contribution in [-0.4, -0.2) is 33.3 Å². The summed E-state index contributed by atoms with van der Waals surface area (Å²) in [6.45, 7) is 12.5. The van der Waals surface area contributed by atoms with E-state index in [1.165, 1.54) is 23.1 Å². The normalized spacial score (nSPS) is 19.7. The van der Waals surface area contributed by atoms with Crippen LogP contribution < -0.4 is 0 Å². The summed E-state index contributed by atoms with van der Waals surface area (Å²) >= 11 is 0. The second-order valence-electron chi connectivity index (χ2n) is 9.06. The van der Waals surface area contributed by atoms with Crippen molar-refractivity contribution in [2.45, 2.75) is 47.5 Å². The van der Waals surface area contributed by atoms with E-state index in [1.54, 1.807) is 0 Å². The second kappa shape index (κ2) is 7.66. The van der Waals surface area contributed by atoms with Gasteiger partial charge < -0.3 is 9.30 Å². The molecule has 4 rings (SSSR count). The van der Waals surface area contributed by atoms with Crippen molar-refractivity contribution in [1.29, 1.82) is 0 Å².